The van der Waals surface area contributed by atoms with Gasteiger partial charge in [-0.3, -0.25) is 4.90 Å². The Morgan fingerprint density at radius 3 is 2.35 bits per heavy atom. The first-order valence-electron chi connectivity index (χ1n) is 5.85. The van der Waals surface area contributed by atoms with Gasteiger partial charge >= 0.3 is 6.18 Å². The van der Waals surface area contributed by atoms with Gasteiger partial charge in [0.15, 0.2) is 0 Å². The van der Waals surface area contributed by atoms with Crippen LogP contribution in [-0.4, -0.2) is 43.3 Å². The van der Waals surface area contributed by atoms with Gasteiger partial charge in [-0.15, -0.1) is 0 Å². The summed E-state index contributed by atoms with van der Waals surface area (Å²) >= 11 is 0. The van der Waals surface area contributed by atoms with E-state index in [0.29, 0.717) is 32.5 Å². The first kappa shape index (κ1) is 16.2. The summed E-state index contributed by atoms with van der Waals surface area (Å²) in [6.45, 7) is 4.15. The fraction of sp³-hybridized carbons (Fsp3) is 0.909. The molecular formula is C11H20F3N3. The summed E-state index contributed by atoms with van der Waals surface area (Å²) in [4.78, 5) is 1.35. The predicted octanol–water partition coefficient (Wildman–Crippen LogP) is 2.15. The fourth-order valence-corrected chi connectivity index (χ4v) is 1.61. The Morgan fingerprint density at radius 1 is 1.29 bits per heavy atom. The van der Waals surface area contributed by atoms with Crippen LogP contribution in [0, 0.1) is 11.3 Å². The molecule has 0 spiro atoms. The zero-order chi connectivity index (χ0) is 13.3. The van der Waals surface area contributed by atoms with Crippen molar-refractivity contribution in [3.8, 4) is 6.07 Å². The van der Waals surface area contributed by atoms with Crippen LogP contribution in [0.25, 0.3) is 0 Å². The minimum Gasteiger partial charge on any atom is -0.302 e. The smallest absolute Gasteiger partial charge is 0.302 e. The van der Waals surface area contributed by atoms with Gasteiger partial charge in [-0.1, -0.05) is 13.8 Å². The summed E-state index contributed by atoms with van der Waals surface area (Å²) in [5, 5.41) is 11.7. The summed E-state index contributed by atoms with van der Waals surface area (Å²) in [5.41, 5.74) is 0. The van der Waals surface area contributed by atoms with E-state index in [1.807, 2.05) is 19.9 Å². The Morgan fingerprint density at radius 2 is 1.94 bits per heavy atom. The standard InChI is InChI=1S/C11H20F3N3/c1-3-6-17(9-11(12,13)14)7-5-10(8-15)16-4-2/h10,16H,3-7,9H2,1-2H3. The lowest BCUT2D eigenvalue weighted by Gasteiger charge is -2.24. The number of nitrogens with one attached hydrogen (secondary N) is 1. The molecule has 1 unspecified atom stereocenters. The van der Waals surface area contributed by atoms with Crippen LogP contribution in [-0.2, 0) is 0 Å². The lowest BCUT2D eigenvalue weighted by Crippen LogP contribution is -2.38. The molecule has 100 valence electrons. The first-order valence-corrected chi connectivity index (χ1v) is 5.85. The maximum Gasteiger partial charge on any atom is 0.401 e. The highest BCUT2D eigenvalue weighted by Gasteiger charge is 2.30. The third-order valence-electron chi connectivity index (χ3n) is 2.28. The SMILES string of the molecule is CCCN(CCC(C#N)NCC)CC(F)(F)F. The number of nitrogens with zero attached hydrogens (tertiary/aromatic N) is 2. The van der Waals surface area contributed by atoms with Crippen LogP contribution < -0.4 is 5.32 Å². The number of alkyl halides is 3. The number of hydrogen-bond donors (Lipinski definition) is 1. The monoisotopic (exact) mass is 251 g/mol. The predicted molar refractivity (Wildman–Crippen MR) is 60.5 cm³/mol. The summed E-state index contributed by atoms with van der Waals surface area (Å²) < 4.78 is 36.8. The number of hydrogen-bond acceptors (Lipinski definition) is 3. The van der Waals surface area contributed by atoms with E-state index in [2.05, 4.69) is 5.32 Å². The zero-order valence-electron chi connectivity index (χ0n) is 10.3. The highest BCUT2D eigenvalue weighted by Crippen LogP contribution is 2.16. The van der Waals surface area contributed by atoms with E-state index in [-0.39, 0.29) is 6.04 Å². The third kappa shape index (κ3) is 8.95. The lowest BCUT2D eigenvalue weighted by atomic mass is 10.2. The third-order valence-corrected chi connectivity index (χ3v) is 2.28. The van der Waals surface area contributed by atoms with Crippen molar-refractivity contribution in [3.05, 3.63) is 0 Å². The van der Waals surface area contributed by atoms with Crippen molar-refractivity contribution in [1.82, 2.24) is 10.2 Å². The molecule has 0 bridgehead atoms. The molecule has 0 aromatic rings. The number of nitriles is 1. The van der Waals surface area contributed by atoms with Gasteiger partial charge in [-0.2, -0.15) is 18.4 Å². The molecule has 17 heavy (non-hydrogen) atoms. The zero-order valence-corrected chi connectivity index (χ0v) is 10.3. The molecule has 0 rings (SSSR count). The molecule has 0 fully saturated rings. The van der Waals surface area contributed by atoms with Crippen molar-refractivity contribution in [2.75, 3.05) is 26.2 Å². The highest BCUT2D eigenvalue weighted by atomic mass is 19.4. The summed E-state index contributed by atoms with van der Waals surface area (Å²) in [5.74, 6) is 0. The van der Waals surface area contributed by atoms with Gasteiger partial charge in [-0.25, -0.2) is 0 Å². The van der Waals surface area contributed by atoms with Crippen molar-refractivity contribution in [1.29, 1.82) is 5.26 Å². The Labute approximate surface area is 101 Å². The molecule has 0 saturated heterocycles. The van der Waals surface area contributed by atoms with Crippen molar-refractivity contribution < 1.29 is 13.2 Å². The Kier molecular flexibility index (Phi) is 7.92. The quantitative estimate of drug-likeness (QED) is 0.718. The van der Waals surface area contributed by atoms with Crippen LogP contribution in [0.4, 0.5) is 13.2 Å². The molecule has 0 aliphatic carbocycles. The highest BCUT2D eigenvalue weighted by molar-refractivity contribution is 4.89. The van der Waals surface area contributed by atoms with E-state index in [1.165, 1.54) is 4.90 Å². The minimum atomic E-state index is -4.17. The fourth-order valence-electron chi connectivity index (χ4n) is 1.61. The normalized spacial score (nSPS) is 13.7. The van der Waals surface area contributed by atoms with E-state index in [9.17, 15) is 13.2 Å². The number of rotatable bonds is 8. The van der Waals surface area contributed by atoms with Crippen molar-refractivity contribution in [3.63, 3.8) is 0 Å². The average Bonchev–Trinajstić information content (AvgIpc) is 2.22. The molecule has 3 nitrogen and oxygen atoms in total. The van der Waals surface area contributed by atoms with Crippen LogP contribution in [0.1, 0.15) is 26.7 Å². The van der Waals surface area contributed by atoms with Crippen molar-refractivity contribution in [2.24, 2.45) is 0 Å². The second-order valence-electron chi connectivity index (χ2n) is 3.92. The molecule has 6 heteroatoms. The first-order chi connectivity index (χ1) is 7.92. The van der Waals surface area contributed by atoms with Crippen LogP contribution in [0.2, 0.25) is 0 Å². The van der Waals surface area contributed by atoms with E-state index < -0.39 is 12.7 Å². The Balaban J connectivity index is 4.12. The molecule has 1 atom stereocenters. The van der Waals surface area contributed by atoms with Crippen LogP contribution >= 0.6 is 0 Å². The van der Waals surface area contributed by atoms with E-state index in [0.717, 1.165) is 0 Å². The maximum absolute atomic E-state index is 12.3. The molecule has 0 radical (unpaired) electrons. The van der Waals surface area contributed by atoms with E-state index >= 15 is 0 Å². The Bertz CT molecular complexity index is 235. The van der Waals surface area contributed by atoms with Gasteiger partial charge in [-0.05, 0) is 25.9 Å². The summed E-state index contributed by atoms with van der Waals surface area (Å²) in [6, 6.07) is 1.68. The molecule has 0 aromatic heterocycles. The average molecular weight is 251 g/mol. The lowest BCUT2D eigenvalue weighted by molar-refractivity contribution is -0.146. The van der Waals surface area contributed by atoms with Crippen LogP contribution in [0.3, 0.4) is 0 Å². The molecule has 0 saturated carbocycles. The summed E-state index contributed by atoms with van der Waals surface area (Å²) in [6.07, 6.45) is -3.08. The second-order valence-corrected chi connectivity index (χ2v) is 3.92. The van der Waals surface area contributed by atoms with Crippen LogP contribution in [0.5, 0.6) is 0 Å². The van der Waals surface area contributed by atoms with Gasteiger partial charge in [0.1, 0.15) is 0 Å². The van der Waals surface area contributed by atoms with Gasteiger partial charge in [0, 0.05) is 6.54 Å². The molecule has 0 aliphatic heterocycles. The van der Waals surface area contributed by atoms with Gasteiger partial charge < -0.3 is 5.32 Å². The molecule has 0 aromatic carbocycles. The van der Waals surface area contributed by atoms with E-state index in [1.54, 1.807) is 0 Å². The Hall–Kier alpha value is -0.800. The molecule has 0 aliphatic rings. The molecule has 0 heterocycles. The molecule has 0 amide bonds. The summed E-state index contributed by atoms with van der Waals surface area (Å²) in [7, 11) is 0. The topological polar surface area (TPSA) is 39.1 Å². The minimum absolute atomic E-state index is 0.290. The van der Waals surface area contributed by atoms with Crippen LogP contribution in [0.15, 0.2) is 0 Å². The largest absolute Gasteiger partial charge is 0.401 e. The van der Waals surface area contributed by atoms with Crippen molar-refractivity contribution >= 4 is 0 Å². The van der Waals surface area contributed by atoms with Crippen molar-refractivity contribution in [2.45, 2.75) is 38.9 Å². The van der Waals surface area contributed by atoms with Gasteiger partial charge in [0.2, 0.25) is 0 Å². The van der Waals surface area contributed by atoms with E-state index in [4.69, 9.17) is 5.26 Å². The second kappa shape index (κ2) is 8.31. The number of halogens is 3. The molecule has 1 N–H and O–H groups in total. The molecular weight excluding hydrogens is 231 g/mol. The van der Waals surface area contributed by atoms with Gasteiger partial charge in [0.25, 0.3) is 0 Å². The maximum atomic E-state index is 12.3. The van der Waals surface area contributed by atoms with Gasteiger partial charge in [0.05, 0.1) is 18.7 Å².